The number of hydrogen-bond donors (Lipinski definition) is 2. The zero-order chi connectivity index (χ0) is 41.5. The van der Waals surface area contributed by atoms with Crippen LogP contribution in [0, 0.1) is 11.3 Å². The summed E-state index contributed by atoms with van der Waals surface area (Å²) < 4.78 is 6.19. The predicted octanol–water partition coefficient (Wildman–Crippen LogP) is 7.82. The summed E-state index contributed by atoms with van der Waals surface area (Å²) in [4.78, 5) is 50.0. The van der Waals surface area contributed by atoms with Crippen LogP contribution in [0.5, 0.6) is 11.6 Å². The fourth-order valence-electron chi connectivity index (χ4n) is 11.9. The van der Waals surface area contributed by atoms with Gasteiger partial charge in [-0.3, -0.25) is 19.3 Å². The monoisotopic (exact) mass is 821 g/mol. The van der Waals surface area contributed by atoms with E-state index in [1.165, 1.54) is 60.0 Å². The highest BCUT2D eigenvalue weighted by Crippen LogP contribution is 2.51. The molecular formula is C51H59N5O5. The molecule has 4 heterocycles. The number of ether oxygens (including phenoxy) is 1. The second-order valence-corrected chi connectivity index (χ2v) is 19.0. The number of ketones is 2. The second kappa shape index (κ2) is 16.9. The van der Waals surface area contributed by atoms with Crippen LogP contribution in [0.4, 0.5) is 11.4 Å². The highest BCUT2D eigenvalue weighted by atomic mass is 16.5. The number of aromatic hydroxyl groups is 1. The van der Waals surface area contributed by atoms with Crippen LogP contribution in [-0.2, 0) is 16.0 Å². The standard InChI is InChI=1S/C51H59N5O5/c57-40-7-4-8-47(59)44(18-15-40)52-49(60)45-19-20-46-50(53-45)61-33-39-32-54(27-28-56(39)46)31-34-21-22-51(30-34)23-25-55(26-24-51)38-12-9-36(10-13-38)48-42(35-5-2-1-3-6-35)16-11-37-29-41(58)14-17-43(37)48/h1-3,5-6,9-10,12-14,17,19-20,29,34,39,42,44,48,58H,4,7-8,11,15-16,18,21-28,30-33H2,(H,52,60)/t34?,39-,42?,44+,48+/m1/s1. The molecule has 1 amide bonds. The van der Waals surface area contributed by atoms with Gasteiger partial charge >= 0.3 is 0 Å². The van der Waals surface area contributed by atoms with Gasteiger partial charge < -0.3 is 25.0 Å². The zero-order valence-corrected chi connectivity index (χ0v) is 35.3. The minimum atomic E-state index is -0.655. The van der Waals surface area contributed by atoms with E-state index in [1.807, 2.05) is 18.2 Å². The van der Waals surface area contributed by atoms with E-state index in [1.54, 1.807) is 6.07 Å². The van der Waals surface area contributed by atoms with Gasteiger partial charge in [0.15, 0.2) is 5.78 Å². The summed E-state index contributed by atoms with van der Waals surface area (Å²) in [6.07, 6.45) is 10.5. The molecule has 4 fully saturated rings. The lowest BCUT2D eigenvalue weighted by Gasteiger charge is -2.46. The van der Waals surface area contributed by atoms with Gasteiger partial charge in [0, 0.05) is 70.1 Å². The number of carbonyl (C=O) groups is 3. The number of carbonyl (C=O) groups excluding carboxylic acids is 3. The molecular weight excluding hydrogens is 763 g/mol. The number of nitrogens with one attached hydrogen (secondary N) is 1. The summed E-state index contributed by atoms with van der Waals surface area (Å²) in [7, 11) is 0. The SMILES string of the molecule is O=C1CCCC(=O)[C@@H](NC(=O)c2ccc3c(n2)OC[C@H]2CN(CC4CCC5(CCN(c6ccc([C@@H]7c8ccc(O)cc8CCC7c7ccccc7)cc6)CC5)C4)CCN32)CC1. The number of piperazine rings is 1. The van der Waals surface area contributed by atoms with Gasteiger partial charge in [0.25, 0.3) is 5.91 Å². The van der Waals surface area contributed by atoms with Crippen molar-refractivity contribution in [3.8, 4) is 11.6 Å². The molecule has 5 atom stereocenters. The highest BCUT2D eigenvalue weighted by Gasteiger charge is 2.43. The quantitative estimate of drug-likeness (QED) is 0.193. The number of phenolic OH excluding ortho intramolecular Hbond substituents is 1. The highest BCUT2D eigenvalue weighted by molar-refractivity contribution is 5.97. The first-order chi connectivity index (χ1) is 29.8. The number of amides is 1. The van der Waals surface area contributed by atoms with Crippen molar-refractivity contribution in [1.82, 2.24) is 15.2 Å². The second-order valence-electron chi connectivity index (χ2n) is 19.0. The molecule has 1 spiro atoms. The Bertz CT molecular complexity index is 2260. The van der Waals surface area contributed by atoms with Crippen molar-refractivity contribution in [2.75, 3.05) is 55.7 Å². The average molecular weight is 822 g/mol. The molecule has 2 N–H and O–H groups in total. The normalized spacial score (nSPS) is 26.4. The van der Waals surface area contributed by atoms with Crippen LogP contribution < -0.4 is 19.9 Å². The first-order valence-electron chi connectivity index (χ1n) is 23.0. The summed E-state index contributed by atoms with van der Waals surface area (Å²) in [5, 5.41) is 13.1. The van der Waals surface area contributed by atoms with Crippen molar-refractivity contribution in [1.29, 1.82) is 0 Å². The molecule has 6 aliphatic rings. The van der Waals surface area contributed by atoms with Crippen LogP contribution in [-0.4, -0.2) is 90.4 Å². The number of pyridine rings is 1. The number of benzene rings is 3. The third-order valence-electron chi connectivity index (χ3n) is 15.2. The van der Waals surface area contributed by atoms with Crippen molar-refractivity contribution in [2.45, 2.75) is 101 Å². The van der Waals surface area contributed by atoms with E-state index in [0.717, 1.165) is 63.7 Å². The molecule has 10 rings (SSSR count). The maximum atomic E-state index is 13.2. The first kappa shape index (κ1) is 39.9. The molecule has 318 valence electrons. The zero-order valence-electron chi connectivity index (χ0n) is 35.3. The van der Waals surface area contributed by atoms with Gasteiger partial charge in [0.05, 0.1) is 12.1 Å². The Morgan fingerprint density at radius 3 is 2.51 bits per heavy atom. The molecule has 10 heteroatoms. The Morgan fingerprint density at radius 1 is 0.836 bits per heavy atom. The summed E-state index contributed by atoms with van der Waals surface area (Å²) in [5.41, 5.74) is 8.30. The van der Waals surface area contributed by atoms with Gasteiger partial charge in [-0.15, -0.1) is 0 Å². The Hall–Kier alpha value is -5.22. The van der Waals surface area contributed by atoms with Gasteiger partial charge in [-0.2, -0.15) is 0 Å². The number of phenols is 1. The fraction of sp³-hybridized carbons (Fsp3) is 0.490. The predicted molar refractivity (Wildman–Crippen MR) is 237 cm³/mol. The number of fused-ring (bicyclic) bond motifs is 4. The summed E-state index contributed by atoms with van der Waals surface area (Å²) >= 11 is 0. The molecule has 0 radical (unpaired) electrons. The smallest absolute Gasteiger partial charge is 0.270 e. The number of piperidine rings is 1. The average Bonchev–Trinajstić information content (AvgIpc) is 3.67. The third kappa shape index (κ3) is 8.28. The molecule has 3 aromatic carbocycles. The molecule has 2 saturated heterocycles. The molecule has 2 saturated carbocycles. The van der Waals surface area contributed by atoms with E-state index in [4.69, 9.17) is 4.74 Å². The van der Waals surface area contributed by atoms with Crippen molar-refractivity contribution < 1.29 is 24.2 Å². The maximum absolute atomic E-state index is 13.2. The van der Waals surface area contributed by atoms with Crippen molar-refractivity contribution >= 4 is 28.8 Å². The van der Waals surface area contributed by atoms with Crippen LogP contribution in [0.2, 0.25) is 0 Å². The van der Waals surface area contributed by atoms with E-state index < -0.39 is 11.9 Å². The van der Waals surface area contributed by atoms with Gasteiger partial charge in [0.2, 0.25) is 5.88 Å². The van der Waals surface area contributed by atoms with Crippen LogP contribution in [0.15, 0.2) is 84.9 Å². The molecule has 10 nitrogen and oxygen atoms in total. The lowest BCUT2D eigenvalue weighted by Crippen LogP contribution is -2.58. The van der Waals surface area contributed by atoms with E-state index in [0.29, 0.717) is 61.7 Å². The summed E-state index contributed by atoms with van der Waals surface area (Å²) in [5.74, 6) is 1.95. The number of anilines is 2. The van der Waals surface area contributed by atoms with Gasteiger partial charge in [-0.1, -0.05) is 48.5 Å². The Balaban J connectivity index is 0.720. The van der Waals surface area contributed by atoms with Crippen molar-refractivity contribution in [3.63, 3.8) is 0 Å². The molecule has 1 aromatic heterocycles. The molecule has 3 aliphatic heterocycles. The van der Waals surface area contributed by atoms with E-state index in [-0.39, 0.29) is 29.2 Å². The molecule has 2 unspecified atom stereocenters. The fourth-order valence-corrected chi connectivity index (χ4v) is 11.9. The van der Waals surface area contributed by atoms with Crippen LogP contribution in [0.1, 0.15) is 115 Å². The molecule has 3 aliphatic carbocycles. The topological polar surface area (TPSA) is 115 Å². The molecule has 61 heavy (non-hydrogen) atoms. The largest absolute Gasteiger partial charge is 0.508 e. The number of rotatable bonds is 7. The number of Topliss-reactive ketones (excluding diaryl/α,β-unsaturated/α-hetero) is 2. The number of aryl methyl sites for hydroxylation is 1. The molecule has 0 bridgehead atoms. The lowest BCUT2D eigenvalue weighted by atomic mass is 9.69. The van der Waals surface area contributed by atoms with Crippen LogP contribution in [0.3, 0.4) is 0 Å². The lowest BCUT2D eigenvalue weighted by molar-refractivity contribution is -0.124. The Morgan fingerprint density at radius 2 is 1.67 bits per heavy atom. The van der Waals surface area contributed by atoms with Crippen molar-refractivity contribution in [3.05, 3.63) is 113 Å². The van der Waals surface area contributed by atoms with E-state index in [2.05, 4.69) is 85.7 Å². The Kier molecular flexibility index (Phi) is 11.1. The minimum Gasteiger partial charge on any atom is -0.508 e. The van der Waals surface area contributed by atoms with E-state index in [9.17, 15) is 19.5 Å². The maximum Gasteiger partial charge on any atom is 0.270 e. The van der Waals surface area contributed by atoms with Gasteiger partial charge in [0.1, 0.15) is 29.5 Å². The van der Waals surface area contributed by atoms with Crippen molar-refractivity contribution in [2.24, 2.45) is 11.3 Å². The number of aromatic nitrogens is 1. The summed E-state index contributed by atoms with van der Waals surface area (Å²) in [6, 6.07) is 29.6. The first-order valence-corrected chi connectivity index (χ1v) is 23.0. The number of hydrogen-bond acceptors (Lipinski definition) is 9. The molecule has 4 aromatic rings. The van der Waals surface area contributed by atoms with Gasteiger partial charge in [-0.05, 0) is 134 Å². The van der Waals surface area contributed by atoms with Gasteiger partial charge in [-0.25, -0.2) is 4.98 Å². The third-order valence-corrected chi connectivity index (χ3v) is 15.2. The van der Waals surface area contributed by atoms with E-state index >= 15 is 0 Å². The number of nitrogens with zero attached hydrogens (tertiary/aromatic N) is 4. The minimum absolute atomic E-state index is 0.0186. The summed E-state index contributed by atoms with van der Waals surface area (Å²) in [6.45, 7) is 6.74. The van der Waals surface area contributed by atoms with Crippen LogP contribution >= 0.6 is 0 Å². The van der Waals surface area contributed by atoms with Crippen LogP contribution in [0.25, 0.3) is 0 Å². The Labute approximate surface area is 359 Å².